The molecule has 7 heteroatoms. The van der Waals surface area contributed by atoms with Crippen molar-refractivity contribution in [1.29, 1.82) is 0 Å². The summed E-state index contributed by atoms with van der Waals surface area (Å²) in [5.74, 6) is 1.14. The monoisotopic (exact) mass is 322 g/mol. The van der Waals surface area contributed by atoms with Gasteiger partial charge in [0.15, 0.2) is 11.5 Å². The van der Waals surface area contributed by atoms with Gasteiger partial charge in [0.25, 0.3) is 0 Å². The van der Waals surface area contributed by atoms with Crippen molar-refractivity contribution in [2.24, 2.45) is 0 Å². The molecule has 1 N–H and O–H groups in total. The van der Waals surface area contributed by atoms with Crippen LogP contribution in [-0.2, 0) is 9.59 Å². The Labute approximate surface area is 135 Å². The molecule has 0 atom stereocenters. The van der Waals surface area contributed by atoms with Gasteiger partial charge in [0.1, 0.15) is 0 Å². The number of carbonyl (C=O) groups is 2. The van der Waals surface area contributed by atoms with E-state index < -0.39 is 0 Å². The number of anilines is 1. The minimum Gasteiger partial charge on any atom is -0.493 e. The van der Waals surface area contributed by atoms with Crippen molar-refractivity contribution in [3.8, 4) is 17.2 Å². The van der Waals surface area contributed by atoms with Crippen LogP contribution in [0, 0.1) is 0 Å². The van der Waals surface area contributed by atoms with Crippen molar-refractivity contribution in [2.75, 3.05) is 39.7 Å². The maximum absolute atomic E-state index is 12.2. The Balaban J connectivity index is 2.09. The molecule has 1 fully saturated rings. The summed E-state index contributed by atoms with van der Waals surface area (Å²) in [5, 5.41) is 2.76. The number of ether oxygens (including phenoxy) is 3. The molecular weight excluding hydrogens is 300 g/mol. The minimum absolute atomic E-state index is 0.0243. The quantitative estimate of drug-likeness (QED) is 0.862. The first kappa shape index (κ1) is 16.9. The molecule has 1 aromatic carbocycles. The standard InChI is InChI=1S/C16H22N2O5/c1-21-12-8-11(9-13(22-2)16(12)23-3)17-14(19)10-18-7-5-4-6-15(18)20/h8-9H,4-7,10H2,1-3H3,(H,17,19). The number of benzene rings is 1. The number of nitrogens with zero attached hydrogens (tertiary/aromatic N) is 1. The van der Waals surface area contributed by atoms with E-state index in [1.165, 1.54) is 21.3 Å². The fraction of sp³-hybridized carbons (Fsp3) is 0.500. The number of hydrogen-bond acceptors (Lipinski definition) is 5. The summed E-state index contributed by atoms with van der Waals surface area (Å²) >= 11 is 0. The molecule has 1 aliphatic rings. The first-order valence-corrected chi connectivity index (χ1v) is 7.46. The molecule has 0 unspecified atom stereocenters. The molecule has 0 spiro atoms. The van der Waals surface area contributed by atoms with Crippen molar-refractivity contribution in [2.45, 2.75) is 19.3 Å². The van der Waals surface area contributed by atoms with Crippen LogP contribution in [-0.4, -0.2) is 51.1 Å². The normalized spacial score (nSPS) is 14.4. The maximum Gasteiger partial charge on any atom is 0.244 e. The first-order valence-electron chi connectivity index (χ1n) is 7.46. The van der Waals surface area contributed by atoms with Crippen LogP contribution >= 0.6 is 0 Å². The summed E-state index contributed by atoms with van der Waals surface area (Å²) in [6.45, 7) is 0.678. The molecule has 1 saturated heterocycles. The summed E-state index contributed by atoms with van der Waals surface area (Å²) in [7, 11) is 4.53. The number of methoxy groups -OCH3 is 3. The Kier molecular flexibility index (Phi) is 5.67. The lowest BCUT2D eigenvalue weighted by atomic mass is 10.1. The van der Waals surface area contributed by atoms with Crippen LogP contribution in [0.4, 0.5) is 5.69 Å². The summed E-state index contributed by atoms with van der Waals surface area (Å²) in [6, 6.07) is 3.30. The highest BCUT2D eigenvalue weighted by molar-refractivity contribution is 5.95. The lowest BCUT2D eigenvalue weighted by Gasteiger charge is -2.26. The Bertz CT molecular complexity index is 563. The molecule has 7 nitrogen and oxygen atoms in total. The van der Waals surface area contributed by atoms with E-state index in [1.807, 2.05) is 0 Å². The number of likely N-dealkylation sites (tertiary alicyclic amines) is 1. The second kappa shape index (κ2) is 7.71. The van der Waals surface area contributed by atoms with E-state index in [9.17, 15) is 9.59 Å². The Morgan fingerprint density at radius 2 is 1.78 bits per heavy atom. The Morgan fingerprint density at radius 1 is 1.13 bits per heavy atom. The third-order valence-corrected chi connectivity index (χ3v) is 3.70. The number of piperidine rings is 1. The first-order chi connectivity index (χ1) is 11.1. The molecule has 1 aromatic rings. The number of amides is 2. The van der Waals surface area contributed by atoms with Crippen molar-refractivity contribution >= 4 is 17.5 Å². The lowest BCUT2D eigenvalue weighted by Crippen LogP contribution is -2.40. The van der Waals surface area contributed by atoms with E-state index in [0.29, 0.717) is 35.9 Å². The van der Waals surface area contributed by atoms with Gasteiger partial charge in [-0.05, 0) is 12.8 Å². The number of carbonyl (C=O) groups excluding carboxylic acids is 2. The third-order valence-electron chi connectivity index (χ3n) is 3.70. The van der Waals surface area contributed by atoms with Crippen molar-refractivity contribution in [3.63, 3.8) is 0 Å². The number of hydrogen-bond donors (Lipinski definition) is 1. The van der Waals surface area contributed by atoms with Gasteiger partial charge in [0.05, 0.1) is 27.9 Å². The van der Waals surface area contributed by atoms with Crippen LogP contribution in [0.2, 0.25) is 0 Å². The smallest absolute Gasteiger partial charge is 0.244 e. The van der Waals surface area contributed by atoms with Gasteiger partial charge in [-0.3, -0.25) is 9.59 Å². The van der Waals surface area contributed by atoms with Crippen molar-refractivity contribution in [1.82, 2.24) is 4.90 Å². The highest BCUT2D eigenvalue weighted by atomic mass is 16.5. The fourth-order valence-electron chi connectivity index (χ4n) is 2.56. The van der Waals surface area contributed by atoms with Gasteiger partial charge < -0.3 is 24.4 Å². The average molecular weight is 322 g/mol. The van der Waals surface area contributed by atoms with Gasteiger partial charge in [-0.1, -0.05) is 0 Å². The zero-order chi connectivity index (χ0) is 16.8. The van der Waals surface area contributed by atoms with Crippen LogP contribution in [0.3, 0.4) is 0 Å². The SMILES string of the molecule is COc1cc(NC(=O)CN2CCCCC2=O)cc(OC)c1OC. The van der Waals surface area contributed by atoms with Gasteiger partial charge in [-0.2, -0.15) is 0 Å². The van der Waals surface area contributed by atoms with Crippen LogP contribution in [0.1, 0.15) is 19.3 Å². The third kappa shape index (κ3) is 4.06. The molecule has 0 aliphatic carbocycles. The van der Waals surface area contributed by atoms with E-state index in [2.05, 4.69) is 5.32 Å². The zero-order valence-corrected chi connectivity index (χ0v) is 13.7. The fourth-order valence-corrected chi connectivity index (χ4v) is 2.56. The Morgan fingerprint density at radius 3 is 2.30 bits per heavy atom. The highest BCUT2D eigenvalue weighted by Gasteiger charge is 2.21. The summed E-state index contributed by atoms with van der Waals surface area (Å²) in [5.41, 5.74) is 0.522. The van der Waals surface area contributed by atoms with Gasteiger partial charge in [-0.25, -0.2) is 0 Å². The molecule has 1 heterocycles. The number of nitrogens with one attached hydrogen (secondary N) is 1. The lowest BCUT2D eigenvalue weighted by molar-refractivity contribution is -0.136. The number of rotatable bonds is 6. The molecule has 0 radical (unpaired) electrons. The molecule has 0 bridgehead atoms. The van der Waals surface area contributed by atoms with E-state index in [4.69, 9.17) is 14.2 Å². The van der Waals surface area contributed by atoms with Crippen molar-refractivity contribution in [3.05, 3.63) is 12.1 Å². The summed E-state index contributed by atoms with van der Waals surface area (Å²) < 4.78 is 15.7. The van der Waals surface area contributed by atoms with E-state index in [-0.39, 0.29) is 18.4 Å². The molecule has 2 rings (SSSR count). The van der Waals surface area contributed by atoms with Crippen molar-refractivity contribution < 1.29 is 23.8 Å². The largest absolute Gasteiger partial charge is 0.493 e. The minimum atomic E-state index is -0.255. The van der Waals surface area contributed by atoms with Gasteiger partial charge in [0, 0.05) is 30.8 Å². The Hall–Kier alpha value is -2.44. The predicted molar refractivity (Wildman–Crippen MR) is 85.2 cm³/mol. The highest BCUT2D eigenvalue weighted by Crippen LogP contribution is 2.39. The molecule has 0 saturated carbocycles. The molecule has 23 heavy (non-hydrogen) atoms. The van der Waals surface area contributed by atoms with Crippen LogP contribution in [0.25, 0.3) is 0 Å². The summed E-state index contributed by atoms with van der Waals surface area (Å²) in [6.07, 6.45) is 2.34. The van der Waals surface area contributed by atoms with E-state index >= 15 is 0 Å². The molecule has 2 amide bonds. The molecule has 0 aromatic heterocycles. The topological polar surface area (TPSA) is 77.1 Å². The van der Waals surface area contributed by atoms with Gasteiger partial charge in [0.2, 0.25) is 17.6 Å². The van der Waals surface area contributed by atoms with Gasteiger partial charge >= 0.3 is 0 Å². The molecular formula is C16H22N2O5. The molecule has 126 valence electrons. The van der Waals surface area contributed by atoms with Crippen LogP contribution in [0.5, 0.6) is 17.2 Å². The van der Waals surface area contributed by atoms with Crippen LogP contribution < -0.4 is 19.5 Å². The zero-order valence-electron chi connectivity index (χ0n) is 13.7. The second-order valence-electron chi connectivity index (χ2n) is 5.23. The average Bonchev–Trinajstić information content (AvgIpc) is 2.55. The van der Waals surface area contributed by atoms with Crippen LogP contribution in [0.15, 0.2) is 12.1 Å². The molecule has 1 aliphatic heterocycles. The maximum atomic E-state index is 12.2. The van der Waals surface area contributed by atoms with E-state index in [1.54, 1.807) is 17.0 Å². The van der Waals surface area contributed by atoms with Gasteiger partial charge in [-0.15, -0.1) is 0 Å². The second-order valence-corrected chi connectivity index (χ2v) is 5.23. The summed E-state index contributed by atoms with van der Waals surface area (Å²) in [4.78, 5) is 25.5. The predicted octanol–water partition coefficient (Wildman–Crippen LogP) is 1.66. The van der Waals surface area contributed by atoms with E-state index in [0.717, 1.165) is 12.8 Å².